The second-order valence-electron chi connectivity index (χ2n) is 7.56. The van der Waals surface area contributed by atoms with Crippen LogP contribution in [0.4, 0.5) is 0 Å². The molecular formula is C19H26O2. The molecule has 2 saturated carbocycles. The van der Waals surface area contributed by atoms with Crippen molar-refractivity contribution in [2.45, 2.75) is 62.9 Å². The molecule has 1 aromatic carbocycles. The smallest absolute Gasteiger partial charge is 0.119 e. The lowest BCUT2D eigenvalue weighted by Gasteiger charge is -2.62. The summed E-state index contributed by atoms with van der Waals surface area (Å²) >= 11 is 0. The van der Waals surface area contributed by atoms with E-state index in [-0.39, 0.29) is 5.41 Å². The van der Waals surface area contributed by atoms with Gasteiger partial charge in [-0.25, -0.2) is 0 Å². The lowest BCUT2D eigenvalue weighted by atomic mass is 9.44. The molecule has 2 nitrogen and oxygen atoms in total. The highest BCUT2D eigenvalue weighted by molar-refractivity contribution is 5.47. The molecule has 21 heavy (non-hydrogen) atoms. The number of benzene rings is 1. The van der Waals surface area contributed by atoms with Crippen molar-refractivity contribution in [1.82, 2.24) is 0 Å². The normalized spacial score (nSPS) is 41.1. The predicted octanol–water partition coefficient (Wildman–Crippen LogP) is 3.84. The Bertz CT molecular complexity index is 567. The van der Waals surface area contributed by atoms with E-state index in [1.807, 2.05) is 0 Å². The molecule has 0 aromatic heterocycles. The van der Waals surface area contributed by atoms with Crippen LogP contribution >= 0.6 is 0 Å². The summed E-state index contributed by atoms with van der Waals surface area (Å²) in [6.45, 7) is 2.34. The Balaban J connectivity index is 1.94. The number of ether oxygens (including phenoxy) is 1. The summed E-state index contributed by atoms with van der Waals surface area (Å²) < 4.78 is 5.47. The third kappa shape index (κ3) is 1.63. The fourth-order valence-electron chi connectivity index (χ4n) is 5.72. The number of aliphatic hydroxyl groups is 1. The van der Waals surface area contributed by atoms with Crippen molar-refractivity contribution < 1.29 is 9.84 Å². The lowest BCUT2D eigenvalue weighted by Crippen LogP contribution is -2.65. The molecule has 1 N–H and O–H groups in total. The zero-order valence-electron chi connectivity index (χ0n) is 13.2. The van der Waals surface area contributed by atoms with Gasteiger partial charge in [0.25, 0.3) is 0 Å². The summed E-state index contributed by atoms with van der Waals surface area (Å²) in [5.74, 6) is 2.01. The van der Waals surface area contributed by atoms with E-state index >= 15 is 0 Å². The van der Waals surface area contributed by atoms with Crippen LogP contribution in [-0.2, 0) is 11.8 Å². The van der Waals surface area contributed by atoms with E-state index in [1.165, 1.54) is 30.4 Å². The molecule has 4 rings (SSSR count). The molecule has 4 atom stereocenters. The number of methoxy groups -OCH3 is 1. The molecule has 0 aliphatic heterocycles. The highest BCUT2D eigenvalue weighted by atomic mass is 16.5. The van der Waals surface area contributed by atoms with Gasteiger partial charge in [0.05, 0.1) is 12.7 Å². The van der Waals surface area contributed by atoms with Gasteiger partial charge in [0.2, 0.25) is 0 Å². The molecule has 0 heterocycles. The topological polar surface area (TPSA) is 29.5 Å². The first-order valence-electron chi connectivity index (χ1n) is 8.50. The van der Waals surface area contributed by atoms with Crippen molar-refractivity contribution in [1.29, 1.82) is 0 Å². The molecule has 0 saturated heterocycles. The Morgan fingerprint density at radius 1 is 1.19 bits per heavy atom. The Morgan fingerprint density at radius 3 is 2.81 bits per heavy atom. The SMILES string of the molecule is COc1ccc2c(c1)[C@@]13CCCC[C@@]1(O)[C@@H](C2)C(C)CC3. The Hall–Kier alpha value is -1.02. The molecule has 2 heteroatoms. The van der Waals surface area contributed by atoms with E-state index < -0.39 is 5.60 Å². The van der Waals surface area contributed by atoms with Crippen LogP contribution in [0, 0.1) is 11.8 Å². The van der Waals surface area contributed by atoms with Crippen LogP contribution in [0.15, 0.2) is 18.2 Å². The maximum absolute atomic E-state index is 11.7. The minimum absolute atomic E-state index is 0.00937. The summed E-state index contributed by atoms with van der Waals surface area (Å²) in [6.07, 6.45) is 8.00. The van der Waals surface area contributed by atoms with Gasteiger partial charge < -0.3 is 9.84 Å². The molecule has 3 aliphatic carbocycles. The summed E-state index contributed by atoms with van der Waals surface area (Å²) in [5.41, 5.74) is 2.36. The first-order chi connectivity index (χ1) is 10.1. The molecule has 2 fully saturated rings. The molecule has 3 aliphatic rings. The second kappa shape index (κ2) is 4.49. The standard InChI is InChI=1S/C19H26O2/c1-13-7-10-18-8-3-4-9-19(18,20)16(13)11-14-5-6-15(21-2)12-17(14)18/h5-6,12-13,16,20H,3-4,7-11H2,1-2H3/t13?,16-,18-,19+/m0/s1. The highest BCUT2D eigenvalue weighted by Crippen LogP contribution is 2.62. The third-order valence-corrected chi connectivity index (χ3v) is 6.84. The molecule has 0 spiro atoms. The zero-order chi connectivity index (χ0) is 14.7. The lowest BCUT2D eigenvalue weighted by molar-refractivity contribution is -0.162. The Kier molecular flexibility index (Phi) is 2.91. The number of fused-ring (bicyclic) bond motifs is 1. The van der Waals surface area contributed by atoms with Gasteiger partial charge in [-0.2, -0.15) is 0 Å². The third-order valence-electron chi connectivity index (χ3n) is 6.84. The van der Waals surface area contributed by atoms with Crippen LogP contribution in [0.3, 0.4) is 0 Å². The highest BCUT2D eigenvalue weighted by Gasteiger charge is 2.62. The fourth-order valence-corrected chi connectivity index (χ4v) is 5.72. The van der Waals surface area contributed by atoms with E-state index in [0.29, 0.717) is 11.8 Å². The van der Waals surface area contributed by atoms with Crippen molar-refractivity contribution in [3.8, 4) is 5.75 Å². The van der Waals surface area contributed by atoms with Crippen LogP contribution in [0.2, 0.25) is 0 Å². The molecule has 0 amide bonds. The Morgan fingerprint density at radius 2 is 2.00 bits per heavy atom. The van der Waals surface area contributed by atoms with Gasteiger partial charge in [0.15, 0.2) is 0 Å². The summed E-state index contributed by atoms with van der Waals surface area (Å²) in [7, 11) is 1.74. The molecular weight excluding hydrogens is 260 g/mol. The van der Waals surface area contributed by atoms with Gasteiger partial charge in [-0.3, -0.25) is 0 Å². The van der Waals surface area contributed by atoms with Crippen molar-refractivity contribution in [2.75, 3.05) is 7.11 Å². The Labute approximate surface area is 127 Å². The summed E-state index contributed by atoms with van der Waals surface area (Å²) in [4.78, 5) is 0. The van der Waals surface area contributed by atoms with E-state index in [2.05, 4.69) is 25.1 Å². The van der Waals surface area contributed by atoms with E-state index in [1.54, 1.807) is 7.11 Å². The van der Waals surface area contributed by atoms with Crippen molar-refractivity contribution in [3.05, 3.63) is 29.3 Å². The van der Waals surface area contributed by atoms with Gasteiger partial charge in [-0.05, 0) is 67.2 Å². The second-order valence-corrected chi connectivity index (χ2v) is 7.56. The van der Waals surface area contributed by atoms with Crippen LogP contribution < -0.4 is 4.74 Å². The first kappa shape index (κ1) is 13.6. The van der Waals surface area contributed by atoms with Gasteiger partial charge in [-0.15, -0.1) is 0 Å². The van der Waals surface area contributed by atoms with Crippen LogP contribution in [-0.4, -0.2) is 17.8 Å². The van der Waals surface area contributed by atoms with Gasteiger partial charge >= 0.3 is 0 Å². The number of hydrogen-bond acceptors (Lipinski definition) is 2. The molecule has 1 unspecified atom stereocenters. The molecule has 0 radical (unpaired) electrons. The predicted molar refractivity (Wildman–Crippen MR) is 83.7 cm³/mol. The van der Waals surface area contributed by atoms with Crippen molar-refractivity contribution >= 4 is 0 Å². The maximum atomic E-state index is 11.7. The minimum atomic E-state index is -0.484. The largest absolute Gasteiger partial charge is 0.497 e. The van der Waals surface area contributed by atoms with Gasteiger partial charge in [0, 0.05) is 5.41 Å². The average molecular weight is 286 g/mol. The van der Waals surface area contributed by atoms with Gasteiger partial charge in [-0.1, -0.05) is 25.8 Å². The maximum Gasteiger partial charge on any atom is 0.119 e. The van der Waals surface area contributed by atoms with E-state index in [4.69, 9.17) is 4.74 Å². The minimum Gasteiger partial charge on any atom is -0.497 e. The van der Waals surface area contributed by atoms with Crippen LogP contribution in [0.25, 0.3) is 0 Å². The average Bonchev–Trinajstić information content (AvgIpc) is 2.50. The molecule has 2 bridgehead atoms. The van der Waals surface area contributed by atoms with E-state index in [0.717, 1.165) is 31.4 Å². The first-order valence-corrected chi connectivity index (χ1v) is 8.50. The van der Waals surface area contributed by atoms with Crippen LogP contribution in [0.1, 0.15) is 56.6 Å². The fraction of sp³-hybridized carbons (Fsp3) is 0.684. The van der Waals surface area contributed by atoms with Crippen molar-refractivity contribution in [3.63, 3.8) is 0 Å². The molecule has 114 valence electrons. The van der Waals surface area contributed by atoms with Crippen molar-refractivity contribution in [2.24, 2.45) is 11.8 Å². The quantitative estimate of drug-likeness (QED) is 0.850. The monoisotopic (exact) mass is 286 g/mol. The van der Waals surface area contributed by atoms with Gasteiger partial charge in [0.1, 0.15) is 5.75 Å². The number of rotatable bonds is 1. The number of hydrogen-bond donors (Lipinski definition) is 1. The van der Waals surface area contributed by atoms with Crippen LogP contribution in [0.5, 0.6) is 5.75 Å². The summed E-state index contributed by atoms with van der Waals surface area (Å²) in [6, 6.07) is 6.55. The zero-order valence-corrected chi connectivity index (χ0v) is 13.2. The van der Waals surface area contributed by atoms with E-state index in [9.17, 15) is 5.11 Å². The molecule has 1 aromatic rings. The summed E-state index contributed by atoms with van der Waals surface area (Å²) in [5, 5.41) is 11.7.